The van der Waals surface area contributed by atoms with Gasteiger partial charge in [0.15, 0.2) is 11.5 Å². The highest BCUT2D eigenvalue weighted by atomic mass is 16.5. The first-order valence-electron chi connectivity index (χ1n) is 12.0. The summed E-state index contributed by atoms with van der Waals surface area (Å²) in [5, 5.41) is 3.00. The summed E-state index contributed by atoms with van der Waals surface area (Å²) in [6.45, 7) is 7.32. The summed E-state index contributed by atoms with van der Waals surface area (Å²) in [5.41, 5.74) is 3.54. The highest BCUT2D eigenvalue weighted by Crippen LogP contribution is 2.28. The van der Waals surface area contributed by atoms with Crippen LogP contribution in [0.1, 0.15) is 25.8 Å². The Hall–Kier alpha value is -3.58. The Morgan fingerprint density at radius 3 is 2.46 bits per heavy atom. The summed E-state index contributed by atoms with van der Waals surface area (Å²) < 4.78 is 16.6. The van der Waals surface area contributed by atoms with Crippen molar-refractivity contribution in [2.24, 2.45) is 0 Å². The number of ether oxygens (including phenoxy) is 3. The van der Waals surface area contributed by atoms with Crippen molar-refractivity contribution in [3.63, 3.8) is 0 Å². The van der Waals surface area contributed by atoms with E-state index in [1.165, 1.54) is 0 Å². The van der Waals surface area contributed by atoms with Crippen LogP contribution < -0.4 is 19.5 Å². The van der Waals surface area contributed by atoms with Gasteiger partial charge in [0.1, 0.15) is 0 Å². The predicted octanol–water partition coefficient (Wildman–Crippen LogP) is 5.06. The topological polar surface area (TPSA) is 72.9 Å². The van der Waals surface area contributed by atoms with Crippen LogP contribution in [0.15, 0.2) is 60.7 Å². The molecule has 1 aromatic heterocycles. The van der Waals surface area contributed by atoms with E-state index in [4.69, 9.17) is 14.2 Å². The SMILES string of the molecule is CCN(CC)CCC(=O)Nc1cccc(-c2cccc(OCCc3ccc(OC)c(OC)c3)n2)c1. The van der Waals surface area contributed by atoms with Gasteiger partial charge in [-0.1, -0.05) is 38.1 Å². The number of aromatic nitrogens is 1. The third-order valence-electron chi connectivity index (χ3n) is 5.80. The second-order valence-electron chi connectivity index (χ2n) is 8.05. The maximum absolute atomic E-state index is 12.4. The summed E-state index contributed by atoms with van der Waals surface area (Å²) in [6.07, 6.45) is 1.18. The molecule has 3 rings (SSSR count). The van der Waals surface area contributed by atoms with E-state index in [0.717, 1.165) is 42.1 Å². The molecular formula is C28H35N3O4. The number of benzene rings is 2. The summed E-state index contributed by atoms with van der Waals surface area (Å²) >= 11 is 0. The quantitative estimate of drug-likeness (QED) is 0.371. The van der Waals surface area contributed by atoms with Crippen LogP contribution in [0.25, 0.3) is 11.3 Å². The molecule has 0 fully saturated rings. The number of amides is 1. The van der Waals surface area contributed by atoms with E-state index < -0.39 is 0 Å². The second kappa shape index (κ2) is 13.3. The van der Waals surface area contributed by atoms with Crippen LogP contribution in [-0.2, 0) is 11.2 Å². The number of anilines is 1. The molecule has 0 radical (unpaired) electrons. The van der Waals surface area contributed by atoms with E-state index in [2.05, 4.69) is 29.0 Å². The average Bonchev–Trinajstić information content (AvgIpc) is 2.89. The minimum atomic E-state index is 0.00857. The number of pyridine rings is 1. The maximum atomic E-state index is 12.4. The zero-order valence-corrected chi connectivity index (χ0v) is 21.0. The first-order valence-corrected chi connectivity index (χ1v) is 12.0. The summed E-state index contributed by atoms with van der Waals surface area (Å²) in [7, 11) is 3.25. The predicted molar refractivity (Wildman–Crippen MR) is 139 cm³/mol. The molecule has 0 saturated carbocycles. The molecule has 0 aliphatic heterocycles. The van der Waals surface area contributed by atoms with Gasteiger partial charge in [-0.15, -0.1) is 0 Å². The summed E-state index contributed by atoms with van der Waals surface area (Å²) in [5.74, 6) is 1.96. The van der Waals surface area contributed by atoms with Crippen LogP contribution in [0.5, 0.6) is 17.4 Å². The van der Waals surface area contributed by atoms with Gasteiger partial charge in [0.25, 0.3) is 0 Å². The number of hydrogen-bond donors (Lipinski definition) is 1. The molecule has 0 atom stereocenters. The van der Waals surface area contributed by atoms with Crippen LogP contribution in [0.2, 0.25) is 0 Å². The Kier molecular flexibility index (Phi) is 9.93. The van der Waals surface area contributed by atoms with E-state index >= 15 is 0 Å². The number of nitrogens with one attached hydrogen (secondary N) is 1. The molecule has 0 bridgehead atoms. The summed E-state index contributed by atoms with van der Waals surface area (Å²) in [6, 6.07) is 19.3. The maximum Gasteiger partial charge on any atom is 0.225 e. The Bertz CT molecular complexity index is 1100. The zero-order chi connectivity index (χ0) is 25.0. The molecule has 1 N–H and O–H groups in total. The molecule has 2 aromatic carbocycles. The van der Waals surface area contributed by atoms with Gasteiger partial charge in [0, 0.05) is 36.7 Å². The highest BCUT2D eigenvalue weighted by Gasteiger charge is 2.09. The van der Waals surface area contributed by atoms with Gasteiger partial charge >= 0.3 is 0 Å². The van der Waals surface area contributed by atoms with Gasteiger partial charge in [-0.2, -0.15) is 0 Å². The van der Waals surface area contributed by atoms with E-state index in [1.807, 2.05) is 60.7 Å². The lowest BCUT2D eigenvalue weighted by Crippen LogP contribution is -2.27. The molecule has 0 aliphatic rings. The van der Waals surface area contributed by atoms with E-state index in [-0.39, 0.29) is 5.91 Å². The molecule has 7 nitrogen and oxygen atoms in total. The molecule has 0 spiro atoms. The van der Waals surface area contributed by atoms with E-state index in [0.29, 0.717) is 36.8 Å². The minimum Gasteiger partial charge on any atom is -0.493 e. The van der Waals surface area contributed by atoms with Crippen molar-refractivity contribution < 1.29 is 19.0 Å². The Morgan fingerprint density at radius 2 is 1.71 bits per heavy atom. The van der Waals surface area contributed by atoms with Crippen molar-refractivity contribution in [3.8, 4) is 28.6 Å². The fourth-order valence-corrected chi connectivity index (χ4v) is 3.74. The molecule has 1 amide bonds. The van der Waals surface area contributed by atoms with Gasteiger partial charge in [-0.25, -0.2) is 4.98 Å². The molecule has 0 unspecified atom stereocenters. The zero-order valence-electron chi connectivity index (χ0n) is 21.0. The lowest BCUT2D eigenvalue weighted by Gasteiger charge is -2.17. The fourth-order valence-electron chi connectivity index (χ4n) is 3.74. The molecule has 7 heteroatoms. The molecule has 35 heavy (non-hydrogen) atoms. The number of nitrogens with zero attached hydrogens (tertiary/aromatic N) is 2. The van der Waals surface area contributed by atoms with Crippen molar-refractivity contribution in [2.45, 2.75) is 26.7 Å². The van der Waals surface area contributed by atoms with Crippen LogP contribution in [-0.4, -0.2) is 56.3 Å². The second-order valence-corrected chi connectivity index (χ2v) is 8.05. The first kappa shape index (κ1) is 26.0. The van der Waals surface area contributed by atoms with E-state index in [9.17, 15) is 4.79 Å². The molecular weight excluding hydrogens is 442 g/mol. The average molecular weight is 478 g/mol. The van der Waals surface area contributed by atoms with Gasteiger partial charge in [-0.05, 0) is 49.0 Å². The van der Waals surface area contributed by atoms with Crippen molar-refractivity contribution in [3.05, 3.63) is 66.2 Å². The lowest BCUT2D eigenvalue weighted by atomic mass is 10.1. The Labute approximate surface area is 208 Å². The third-order valence-corrected chi connectivity index (χ3v) is 5.80. The first-order chi connectivity index (χ1) is 17.1. The normalized spacial score (nSPS) is 10.8. The third kappa shape index (κ3) is 7.72. The van der Waals surface area contributed by atoms with E-state index in [1.54, 1.807) is 14.2 Å². The number of hydrogen-bond acceptors (Lipinski definition) is 6. The lowest BCUT2D eigenvalue weighted by molar-refractivity contribution is -0.116. The molecule has 0 saturated heterocycles. The Balaban J connectivity index is 1.59. The van der Waals surface area contributed by atoms with Crippen LogP contribution in [0.4, 0.5) is 5.69 Å². The highest BCUT2D eigenvalue weighted by molar-refractivity contribution is 5.91. The summed E-state index contributed by atoms with van der Waals surface area (Å²) in [4.78, 5) is 19.3. The Morgan fingerprint density at radius 1 is 0.943 bits per heavy atom. The standard InChI is InChI=1S/C28H35N3O4/c1-5-31(6-2)17-15-27(32)29-23-10-7-9-22(20-23)24-11-8-12-28(30-24)35-18-16-21-13-14-25(33-3)26(19-21)34-4/h7-14,19-20H,5-6,15-18H2,1-4H3,(H,29,32). The molecule has 0 aliphatic carbocycles. The molecule has 186 valence electrons. The minimum absolute atomic E-state index is 0.00857. The fraction of sp³-hybridized carbons (Fsp3) is 0.357. The van der Waals surface area contributed by atoms with Gasteiger partial charge in [-0.3, -0.25) is 4.79 Å². The molecule has 3 aromatic rings. The van der Waals surface area contributed by atoms with Gasteiger partial charge in [0.05, 0.1) is 26.5 Å². The number of methoxy groups -OCH3 is 2. The van der Waals surface area contributed by atoms with Crippen molar-refractivity contribution in [1.82, 2.24) is 9.88 Å². The number of carbonyl (C=O) groups is 1. The largest absolute Gasteiger partial charge is 0.493 e. The van der Waals surface area contributed by atoms with Crippen LogP contribution in [0.3, 0.4) is 0 Å². The van der Waals surface area contributed by atoms with Gasteiger partial charge in [0.2, 0.25) is 11.8 Å². The smallest absolute Gasteiger partial charge is 0.225 e. The monoisotopic (exact) mass is 477 g/mol. The number of rotatable bonds is 13. The molecule has 1 heterocycles. The number of carbonyl (C=O) groups excluding carboxylic acids is 1. The van der Waals surface area contributed by atoms with Gasteiger partial charge < -0.3 is 24.4 Å². The van der Waals surface area contributed by atoms with Crippen molar-refractivity contribution in [1.29, 1.82) is 0 Å². The van der Waals surface area contributed by atoms with Crippen LogP contribution >= 0.6 is 0 Å². The van der Waals surface area contributed by atoms with Crippen molar-refractivity contribution >= 4 is 11.6 Å². The van der Waals surface area contributed by atoms with Crippen molar-refractivity contribution in [2.75, 3.05) is 45.8 Å². The van der Waals surface area contributed by atoms with Crippen LogP contribution in [0, 0.1) is 0 Å².